The number of hydrogen-bond donors (Lipinski definition) is 1. The average molecular weight is 644 g/mol. The number of amides is 1. The molecule has 0 heterocycles. The number of nitrogens with one attached hydrogen (secondary N) is 1. The standard InChI is InChI=1S/C23H37NO9S4.2Na/c1-22-9-7-15(33-21(26)12-32-37(30,31)34)11-14(22)3-4-16-17-5-6-19(23(17,2)10-8-18(16)22)24-20(25)13-35-36(27,28)29;;/h14-19H,3-13H2,1-2H3,(H,24,25)(H,27,28,29)(H,30,31,34);;/q;2*+1/p-2. The van der Waals surface area contributed by atoms with Gasteiger partial charge in [-0.15, -0.1) is 0 Å². The van der Waals surface area contributed by atoms with Gasteiger partial charge in [0.15, 0.2) is 6.61 Å². The summed E-state index contributed by atoms with van der Waals surface area (Å²) in [4.78, 5) is 24.4. The van der Waals surface area contributed by atoms with Crippen molar-refractivity contribution in [2.24, 2.45) is 34.5 Å². The molecule has 0 spiro atoms. The van der Waals surface area contributed by atoms with Crippen LogP contribution >= 0.6 is 10.8 Å². The van der Waals surface area contributed by atoms with E-state index in [-0.39, 0.29) is 98.6 Å². The maximum atomic E-state index is 12.4. The van der Waals surface area contributed by atoms with Crippen LogP contribution in [-0.4, -0.2) is 58.1 Å². The van der Waals surface area contributed by atoms with E-state index < -0.39 is 36.7 Å². The van der Waals surface area contributed by atoms with E-state index in [4.69, 9.17) is 4.74 Å². The van der Waals surface area contributed by atoms with E-state index in [2.05, 4.69) is 34.5 Å². The smallest absolute Gasteiger partial charge is 0.748 e. The predicted octanol–water partition coefficient (Wildman–Crippen LogP) is -3.56. The first-order chi connectivity index (χ1) is 17.1. The Balaban J connectivity index is 0.00000267. The van der Waals surface area contributed by atoms with Crippen molar-refractivity contribution in [2.45, 2.75) is 83.8 Å². The Labute approximate surface area is 284 Å². The van der Waals surface area contributed by atoms with E-state index in [0.717, 1.165) is 57.8 Å². The first-order valence-electron chi connectivity index (χ1n) is 12.8. The molecule has 212 valence electrons. The van der Waals surface area contributed by atoms with Crippen LogP contribution in [0.2, 0.25) is 0 Å². The minimum absolute atomic E-state index is 0. The molecule has 4 fully saturated rings. The second-order valence-corrected chi connectivity index (χ2v) is 17.2. The minimum atomic E-state index is -4.50. The molecule has 4 aliphatic carbocycles. The molecule has 0 aromatic carbocycles. The third-order valence-electron chi connectivity index (χ3n) is 9.91. The van der Waals surface area contributed by atoms with Crippen molar-refractivity contribution in [3.8, 4) is 0 Å². The molecule has 4 aliphatic rings. The number of carbonyl (C=O) groups excluding carboxylic acids is 2. The van der Waals surface area contributed by atoms with Crippen molar-refractivity contribution >= 4 is 52.1 Å². The number of hydrogen-bond acceptors (Lipinski definition) is 11. The van der Waals surface area contributed by atoms with Crippen molar-refractivity contribution in [3.63, 3.8) is 0 Å². The number of rotatable bonds is 8. The fraction of sp³-hybridized carbons (Fsp3) is 0.913. The fourth-order valence-corrected chi connectivity index (χ4v) is 9.74. The fourth-order valence-electron chi connectivity index (χ4n) is 8.26. The first-order valence-corrected chi connectivity index (χ1v) is 18.0. The van der Waals surface area contributed by atoms with Gasteiger partial charge in [0.25, 0.3) is 0 Å². The Morgan fingerprint density at radius 3 is 2.26 bits per heavy atom. The van der Waals surface area contributed by atoms with Crippen molar-refractivity contribution in [3.05, 3.63) is 0 Å². The van der Waals surface area contributed by atoms with Crippen LogP contribution in [0.3, 0.4) is 0 Å². The van der Waals surface area contributed by atoms with Crippen LogP contribution in [0.15, 0.2) is 0 Å². The molecule has 39 heavy (non-hydrogen) atoms. The normalized spacial score (nSPS) is 38.9. The molecule has 4 saturated carbocycles. The predicted molar refractivity (Wildman–Crippen MR) is 138 cm³/mol. The van der Waals surface area contributed by atoms with Gasteiger partial charge in [-0.2, -0.15) is 0 Å². The van der Waals surface area contributed by atoms with Crippen LogP contribution in [0.1, 0.15) is 71.6 Å². The number of ether oxygens (including phenoxy) is 1. The Bertz CT molecular complexity index is 1120. The van der Waals surface area contributed by atoms with Gasteiger partial charge in [-0.05, 0) is 114 Å². The molecule has 0 radical (unpaired) electrons. The van der Waals surface area contributed by atoms with E-state index in [1.807, 2.05) is 0 Å². The quantitative estimate of drug-likeness (QED) is 0.121. The number of carbonyl (C=O) groups is 2. The topological polar surface area (TPSA) is 162 Å². The molecule has 0 aromatic heterocycles. The zero-order chi connectivity index (χ0) is 27.2. The van der Waals surface area contributed by atoms with E-state index in [0.29, 0.717) is 23.7 Å². The van der Waals surface area contributed by atoms with Crippen molar-refractivity contribution in [1.29, 1.82) is 0 Å². The molecular weight excluding hydrogens is 608 g/mol. The number of fused-ring (bicyclic) bond motifs is 5. The molecule has 1 amide bonds. The van der Waals surface area contributed by atoms with Gasteiger partial charge in [0, 0.05) is 6.04 Å². The van der Waals surface area contributed by atoms with Gasteiger partial charge in [-0.25, -0.2) is 17.4 Å². The van der Waals surface area contributed by atoms with Crippen LogP contribution in [0.4, 0.5) is 0 Å². The van der Waals surface area contributed by atoms with Crippen molar-refractivity contribution in [2.75, 3.05) is 12.4 Å². The van der Waals surface area contributed by atoms with E-state index >= 15 is 0 Å². The molecule has 10 nitrogen and oxygen atoms in total. The summed E-state index contributed by atoms with van der Waals surface area (Å²) in [5.74, 6) is 0.477. The van der Waals surface area contributed by atoms with Crippen molar-refractivity contribution < 1.29 is 99.4 Å². The molecular formula is C23H35NNa2O9S4. The summed E-state index contributed by atoms with van der Waals surface area (Å²) >= 11 is 4.13. The van der Waals surface area contributed by atoms with Gasteiger partial charge in [0.05, 0.1) is 14.8 Å². The van der Waals surface area contributed by atoms with Gasteiger partial charge < -0.3 is 19.2 Å². The molecule has 1 N–H and O–H groups in total. The minimum Gasteiger partial charge on any atom is -0.748 e. The molecule has 0 aliphatic heterocycles. The van der Waals surface area contributed by atoms with E-state index in [1.54, 1.807) is 0 Å². The number of esters is 1. The van der Waals surface area contributed by atoms with Crippen LogP contribution in [-0.2, 0) is 47.9 Å². The van der Waals surface area contributed by atoms with Gasteiger partial charge in [0.1, 0.15) is 15.3 Å². The van der Waals surface area contributed by atoms with Gasteiger partial charge in [0.2, 0.25) is 5.91 Å². The Morgan fingerprint density at radius 2 is 1.62 bits per heavy atom. The van der Waals surface area contributed by atoms with Crippen LogP contribution in [0, 0.1) is 34.5 Å². The third kappa shape index (κ3) is 8.78. The average Bonchev–Trinajstić information content (AvgIpc) is 3.12. The SMILES string of the molecule is CC12CCC(OC(=O)COS(=O)([O-])=S)CC1CCC1C2CCC2(C)C(NC(=O)CSS(=O)(=O)[O-])CCC12.[Na+].[Na+]. The Kier molecular flexibility index (Phi) is 13.2. The maximum Gasteiger partial charge on any atom is 1.00 e. The Hall–Kier alpha value is 1.49. The Morgan fingerprint density at radius 1 is 0.974 bits per heavy atom. The van der Waals surface area contributed by atoms with Crippen LogP contribution in [0.25, 0.3) is 0 Å². The van der Waals surface area contributed by atoms with Gasteiger partial charge >= 0.3 is 65.1 Å². The maximum absolute atomic E-state index is 12.4. The zero-order valence-electron chi connectivity index (χ0n) is 23.0. The van der Waals surface area contributed by atoms with Crippen LogP contribution in [0.5, 0.6) is 0 Å². The van der Waals surface area contributed by atoms with Gasteiger partial charge in [-0.3, -0.25) is 8.98 Å². The molecule has 9 unspecified atom stereocenters. The van der Waals surface area contributed by atoms with Gasteiger partial charge in [-0.1, -0.05) is 13.8 Å². The molecule has 0 saturated heterocycles. The first kappa shape index (κ1) is 36.7. The second-order valence-electron chi connectivity index (χ2n) is 11.6. The zero-order valence-corrected chi connectivity index (χ0v) is 30.3. The monoisotopic (exact) mass is 643 g/mol. The molecule has 4 rings (SSSR count). The summed E-state index contributed by atoms with van der Waals surface area (Å²) in [6, 6.07) is -0.0252. The summed E-state index contributed by atoms with van der Waals surface area (Å²) in [5.41, 5.74) is 0.0763. The molecule has 16 heteroatoms. The molecule has 0 aromatic rings. The largest absolute Gasteiger partial charge is 1.00 e. The summed E-state index contributed by atoms with van der Waals surface area (Å²) in [6.07, 6.45) is 8.17. The summed E-state index contributed by atoms with van der Waals surface area (Å²) in [6.45, 7) is 3.92. The van der Waals surface area contributed by atoms with E-state index in [1.165, 1.54) is 0 Å². The third-order valence-corrected chi connectivity index (χ3v) is 12.5. The molecule has 9 atom stereocenters. The molecule has 0 bridgehead atoms. The summed E-state index contributed by atoms with van der Waals surface area (Å²) in [5, 5.41) is 3.03. The van der Waals surface area contributed by atoms with E-state index in [9.17, 15) is 31.3 Å². The summed E-state index contributed by atoms with van der Waals surface area (Å²) < 4.78 is 64.5. The van der Waals surface area contributed by atoms with Crippen molar-refractivity contribution in [1.82, 2.24) is 5.32 Å². The second kappa shape index (κ2) is 14.1. The summed E-state index contributed by atoms with van der Waals surface area (Å²) in [7, 11) is -8.49. The van der Waals surface area contributed by atoms with Crippen LogP contribution < -0.4 is 64.4 Å².